The van der Waals surface area contributed by atoms with Crippen molar-refractivity contribution in [1.29, 1.82) is 0 Å². The van der Waals surface area contributed by atoms with Crippen LogP contribution in [0.5, 0.6) is 0 Å². The highest BCUT2D eigenvalue weighted by molar-refractivity contribution is 5.10. The van der Waals surface area contributed by atoms with Gasteiger partial charge < -0.3 is 10.2 Å². The van der Waals surface area contributed by atoms with Crippen LogP contribution in [0.2, 0.25) is 0 Å². The Hall–Kier alpha value is -0.0800. The summed E-state index contributed by atoms with van der Waals surface area (Å²) in [6.45, 7) is 4.87. The maximum Gasteiger partial charge on any atom is 0.0546 e. The van der Waals surface area contributed by atoms with Crippen LogP contribution in [0.4, 0.5) is 0 Å². The molecule has 23 heavy (non-hydrogen) atoms. The van der Waals surface area contributed by atoms with Gasteiger partial charge in [-0.15, -0.1) is 0 Å². The fourth-order valence-corrected chi connectivity index (χ4v) is 8.18. The molecule has 2 heteroatoms. The van der Waals surface area contributed by atoms with E-state index in [0.29, 0.717) is 23.9 Å². The molecule has 4 rings (SSSR count). The van der Waals surface area contributed by atoms with Gasteiger partial charge in [0.1, 0.15) is 0 Å². The van der Waals surface area contributed by atoms with Gasteiger partial charge in [0, 0.05) is 12.0 Å². The summed E-state index contributed by atoms with van der Waals surface area (Å²) in [4.78, 5) is 0. The van der Waals surface area contributed by atoms with Crippen molar-refractivity contribution in [2.75, 3.05) is 6.61 Å². The van der Waals surface area contributed by atoms with E-state index in [1.807, 2.05) is 6.92 Å². The molecular weight excluding hydrogens is 284 g/mol. The van der Waals surface area contributed by atoms with Crippen molar-refractivity contribution in [3.8, 4) is 0 Å². The Morgan fingerprint density at radius 3 is 2.52 bits per heavy atom. The number of hydrogen-bond acceptors (Lipinski definition) is 2. The summed E-state index contributed by atoms with van der Waals surface area (Å²) in [5.41, 5.74) is 0.610. The smallest absolute Gasteiger partial charge is 0.0546 e. The maximum atomic E-state index is 10.3. The first-order valence-corrected chi connectivity index (χ1v) is 10.3. The highest BCUT2D eigenvalue weighted by atomic mass is 16.3. The summed E-state index contributed by atoms with van der Waals surface area (Å²) in [6.07, 6.45) is 13.2. The van der Waals surface area contributed by atoms with Crippen LogP contribution in [0.3, 0.4) is 0 Å². The fraction of sp³-hybridized carbons (Fsp3) is 1.00. The lowest BCUT2D eigenvalue weighted by Gasteiger charge is -2.61. The highest BCUT2D eigenvalue weighted by Crippen LogP contribution is 2.67. The van der Waals surface area contributed by atoms with Crippen molar-refractivity contribution in [2.45, 2.75) is 84.2 Å². The molecule has 0 aromatic heterocycles. The molecule has 0 heterocycles. The second-order valence-electron chi connectivity index (χ2n) is 9.76. The molecule has 0 saturated heterocycles. The summed E-state index contributed by atoms with van der Waals surface area (Å²) < 4.78 is 0. The molecule has 8 atom stereocenters. The van der Waals surface area contributed by atoms with E-state index in [4.69, 9.17) is 0 Å². The molecule has 0 radical (unpaired) electrons. The SMILES string of the molecule is CC(O)[C@H]1CC[C@H]2[C@@H]3CC[C@H]4CCCC[C@]4(C)[C@H]3CC[C@]12CO. The monoisotopic (exact) mass is 320 g/mol. The van der Waals surface area contributed by atoms with Crippen LogP contribution < -0.4 is 0 Å². The Kier molecular flexibility index (Phi) is 4.08. The van der Waals surface area contributed by atoms with Crippen LogP contribution in [0.1, 0.15) is 78.1 Å². The van der Waals surface area contributed by atoms with E-state index >= 15 is 0 Å². The molecule has 0 spiro atoms. The van der Waals surface area contributed by atoms with E-state index in [0.717, 1.165) is 30.6 Å². The van der Waals surface area contributed by atoms with Crippen molar-refractivity contribution >= 4 is 0 Å². The Morgan fingerprint density at radius 2 is 1.78 bits per heavy atom. The van der Waals surface area contributed by atoms with Crippen molar-refractivity contribution < 1.29 is 10.2 Å². The van der Waals surface area contributed by atoms with E-state index in [2.05, 4.69) is 6.92 Å². The van der Waals surface area contributed by atoms with Crippen molar-refractivity contribution in [1.82, 2.24) is 0 Å². The number of hydrogen-bond donors (Lipinski definition) is 2. The van der Waals surface area contributed by atoms with Gasteiger partial charge >= 0.3 is 0 Å². The second kappa shape index (κ2) is 5.73. The van der Waals surface area contributed by atoms with Crippen molar-refractivity contribution in [3.63, 3.8) is 0 Å². The van der Waals surface area contributed by atoms with Crippen molar-refractivity contribution in [2.24, 2.45) is 40.4 Å². The van der Waals surface area contributed by atoms with Crippen LogP contribution >= 0.6 is 0 Å². The van der Waals surface area contributed by atoms with Gasteiger partial charge in [0.25, 0.3) is 0 Å². The van der Waals surface area contributed by atoms with Gasteiger partial charge in [-0.05, 0) is 93.3 Å². The molecule has 0 amide bonds. The topological polar surface area (TPSA) is 40.5 Å². The summed E-state index contributed by atoms with van der Waals surface area (Å²) in [5.74, 6) is 3.67. The zero-order valence-corrected chi connectivity index (χ0v) is 15.1. The Bertz CT molecular complexity index is 447. The molecule has 4 aliphatic rings. The molecule has 0 bridgehead atoms. The normalized spacial score (nSPS) is 54.0. The summed E-state index contributed by atoms with van der Waals surface area (Å²) in [6, 6.07) is 0. The number of rotatable bonds is 2. The summed E-state index contributed by atoms with van der Waals surface area (Å²) in [7, 11) is 0. The number of fused-ring (bicyclic) bond motifs is 5. The predicted molar refractivity (Wildman–Crippen MR) is 92.9 cm³/mol. The minimum atomic E-state index is -0.259. The lowest BCUT2D eigenvalue weighted by Crippen LogP contribution is -2.55. The van der Waals surface area contributed by atoms with Gasteiger partial charge in [0.15, 0.2) is 0 Å². The average Bonchev–Trinajstić information content (AvgIpc) is 2.94. The van der Waals surface area contributed by atoms with Gasteiger partial charge in [-0.3, -0.25) is 0 Å². The molecule has 0 aliphatic heterocycles. The third-order valence-corrected chi connectivity index (χ3v) is 9.24. The first-order valence-electron chi connectivity index (χ1n) is 10.3. The third-order valence-electron chi connectivity index (χ3n) is 9.24. The molecule has 132 valence electrons. The van der Waals surface area contributed by atoms with Crippen LogP contribution in [0, 0.1) is 40.4 Å². The molecule has 4 fully saturated rings. The minimum Gasteiger partial charge on any atom is -0.396 e. The summed E-state index contributed by atoms with van der Waals surface area (Å²) >= 11 is 0. The predicted octanol–water partition coefficient (Wildman–Crippen LogP) is 4.39. The first kappa shape index (κ1) is 16.4. The Balaban J connectivity index is 1.64. The minimum absolute atomic E-state index is 0.0349. The van der Waals surface area contributed by atoms with Crippen LogP contribution in [0.25, 0.3) is 0 Å². The molecule has 1 unspecified atom stereocenters. The van der Waals surface area contributed by atoms with Crippen LogP contribution in [-0.2, 0) is 0 Å². The average molecular weight is 321 g/mol. The standard InChI is InChI=1S/C21H36O2/c1-14(23)17-8-9-19-16-7-6-15-5-3-4-11-20(15,2)18(16)10-12-21(17,19)13-22/h14-19,22-23H,3-13H2,1-2H3/t14?,15-,16-,17-,18+,19+,20+,21+/m1/s1. The molecular formula is C21H36O2. The number of aliphatic hydroxyl groups excluding tert-OH is 2. The van der Waals surface area contributed by atoms with E-state index < -0.39 is 0 Å². The zero-order valence-electron chi connectivity index (χ0n) is 15.1. The quantitative estimate of drug-likeness (QED) is 0.792. The molecule has 2 nitrogen and oxygen atoms in total. The lowest BCUT2D eigenvalue weighted by molar-refractivity contribution is -0.137. The Labute approximate surface area is 142 Å². The molecule has 4 saturated carbocycles. The number of aliphatic hydroxyl groups is 2. The van der Waals surface area contributed by atoms with Crippen LogP contribution in [-0.4, -0.2) is 22.9 Å². The van der Waals surface area contributed by atoms with E-state index in [1.54, 1.807) is 0 Å². The van der Waals surface area contributed by atoms with E-state index in [-0.39, 0.29) is 11.5 Å². The molecule has 0 aromatic carbocycles. The maximum absolute atomic E-state index is 10.3. The third kappa shape index (κ3) is 2.20. The highest BCUT2D eigenvalue weighted by Gasteiger charge is 2.61. The van der Waals surface area contributed by atoms with Crippen molar-refractivity contribution in [3.05, 3.63) is 0 Å². The zero-order chi connectivity index (χ0) is 16.2. The van der Waals surface area contributed by atoms with E-state index in [1.165, 1.54) is 51.4 Å². The fourth-order valence-electron chi connectivity index (χ4n) is 8.18. The molecule has 0 aromatic rings. The van der Waals surface area contributed by atoms with Gasteiger partial charge in [-0.1, -0.05) is 19.8 Å². The van der Waals surface area contributed by atoms with Crippen LogP contribution in [0.15, 0.2) is 0 Å². The molecule has 4 aliphatic carbocycles. The van der Waals surface area contributed by atoms with Gasteiger partial charge in [0.05, 0.1) is 6.10 Å². The second-order valence-corrected chi connectivity index (χ2v) is 9.76. The Morgan fingerprint density at radius 1 is 0.957 bits per heavy atom. The molecule has 2 N–H and O–H groups in total. The van der Waals surface area contributed by atoms with Gasteiger partial charge in [-0.2, -0.15) is 0 Å². The van der Waals surface area contributed by atoms with E-state index in [9.17, 15) is 10.2 Å². The first-order chi connectivity index (χ1) is 11.0. The van der Waals surface area contributed by atoms with Gasteiger partial charge in [-0.25, -0.2) is 0 Å². The van der Waals surface area contributed by atoms with Gasteiger partial charge in [0.2, 0.25) is 0 Å². The lowest BCUT2D eigenvalue weighted by atomic mass is 9.44. The summed E-state index contributed by atoms with van der Waals surface area (Å²) in [5, 5.41) is 20.7. The largest absolute Gasteiger partial charge is 0.396 e.